The summed E-state index contributed by atoms with van der Waals surface area (Å²) >= 11 is 0. The van der Waals surface area contributed by atoms with Crippen LogP contribution in [0.4, 0.5) is 4.79 Å². The van der Waals surface area contributed by atoms with E-state index < -0.39 is 5.60 Å². The van der Waals surface area contributed by atoms with E-state index in [1.165, 1.54) is 51.4 Å². The van der Waals surface area contributed by atoms with Gasteiger partial charge in [-0.3, -0.25) is 0 Å². The van der Waals surface area contributed by atoms with E-state index in [9.17, 15) is 4.79 Å². The van der Waals surface area contributed by atoms with Crippen LogP contribution in [0, 0.1) is 11.8 Å². The molecule has 0 aromatic rings. The summed E-state index contributed by atoms with van der Waals surface area (Å²) in [6.45, 7) is 8.70. The highest BCUT2D eigenvalue weighted by atomic mass is 16.6. The van der Waals surface area contributed by atoms with Crippen LogP contribution in [-0.4, -0.2) is 30.3 Å². The van der Waals surface area contributed by atoms with Crippen LogP contribution >= 0.6 is 0 Å². The molecule has 3 unspecified atom stereocenters. The van der Waals surface area contributed by atoms with E-state index in [-0.39, 0.29) is 6.09 Å². The van der Waals surface area contributed by atoms with Gasteiger partial charge in [0.25, 0.3) is 0 Å². The van der Waals surface area contributed by atoms with Crippen LogP contribution in [0.3, 0.4) is 0 Å². The van der Waals surface area contributed by atoms with Crippen molar-refractivity contribution >= 4 is 6.09 Å². The fourth-order valence-corrected chi connectivity index (χ4v) is 4.13. The molecule has 0 spiro atoms. The summed E-state index contributed by atoms with van der Waals surface area (Å²) in [6, 6.07) is 1.02. The van der Waals surface area contributed by atoms with Gasteiger partial charge in [-0.15, -0.1) is 0 Å². The summed E-state index contributed by atoms with van der Waals surface area (Å²) in [5.41, 5.74) is -0.430. The molecule has 4 heteroatoms. The highest BCUT2D eigenvalue weighted by Gasteiger charge is 2.31. The predicted octanol–water partition coefficient (Wildman–Crippen LogP) is 4.24. The average molecular weight is 325 g/mol. The Morgan fingerprint density at radius 1 is 1.17 bits per heavy atom. The Kier molecular flexibility index (Phi) is 6.75. The minimum Gasteiger partial charge on any atom is -0.444 e. The lowest BCUT2D eigenvalue weighted by atomic mass is 9.96. The molecule has 1 amide bonds. The normalized spacial score (nSPS) is 27.1. The first-order valence-corrected chi connectivity index (χ1v) is 9.60. The lowest BCUT2D eigenvalue weighted by Crippen LogP contribution is -2.49. The van der Waals surface area contributed by atoms with E-state index in [0.717, 1.165) is 5.92 Å². The maximum atomic E-state index is 12.0. The molecule has 4 nitrogen and oxygen atoms in total. The number of hydrogen-bond acceptors (Lipinski definition) is 3. The smallest absolute Gasteiger partial charge is 0.407 e. The van der Waals surface area contributed by atoms with Crippen molar-refractivity contribution < 1.29 is 9.53 Å². The second-order valence-corrected chi connectivity index (χ2v) is 8.48. The third-order valence-corrected chi connectivity index (χ3v) is 5.40. The summed E-state index contributed by atoms with van der Waals surface area (Å²) in [6.07, 6.45) is 10.2. The zero-order valence-electron chi connectivity index (χ0n) is 15.5. The van der Waals surface area contributed by atoms with Crippen LogP contribution in [-0.2, 0) is 4.74 Å². The van der Waals surface area contributed by atoms with Gasteiger partial charge in [-0.25, -0.2) is 4.79 Å². The molecule has 0 bridgehead atoms. The van der Waals surface area contributed by atoms with Gasteiger partial charge in [0.1, 0.15) is 5.60 Å². The Balaban J connectivity index is 1.83. The third kappa shape index (κ3) is 6.33. The Hall–Kier alpha value is -0.770. The van der Waals surface area contributed by atoms with E-state index in [2.05, 4.69) is 17.6 Å². The lowest BCUT2D eigenvalue weighted by Gasteiger charge is -2.29. The largest absolute Gasteiger partial charge is 0.444 e. The number of carbonyl (C=O) groups excluding carboxylic acids is 1. The van der Waals surface area contributed by atoms with Gasteiger partial charge >= 0.3 is 6.09 Å². The Morgan fingerprint density at radius 3 is 2.43 bits per heavy atom. The standard InChI is InChI=1S/C19H36N2O2/c1-5-14-10-11-16(12-14)21-17(15-8-6-7-9-15)13-20-18(22)23-19(2,3)4/h14-17,21H,5-13H2,1-4H3,(H,20,22). The van der Waals surface area contributed by atoms with E-state index in [4.69, 9.17) is 4.74 Å². The number of alkyl carbamates (subject to hydrolysis) is 1. The molecule has 2 aliphatic carbocycles. The molecule has 0 radical (unpaired) electrons. The summed E-state index contributed by atoms with van der Waals surface area (Å²) in [7, 11) is 0. The van der Waals surface area contributed by atoms with Gasteiger partial charge in [0.15, 0.2) is 0 Å². The van der Waals surface area contributed by atoms with Crippen molar-refractivity contribution in [1.29, 1.82) is 0 Å². The molecule has 23 heavy (non-hydrogen) atoms. The summed E-state index contributed by atoms with van der Waals surface area (Å²) in [5, 5.41) is 6.86. The van der Waals surface area contributed by atoms with E-state index in [0.29, 0.717) is 24.5 Å². The van der Waals surface area contributed by atoms with Crippen molar-refractivity contribution in [2.45, 2.75) is 96.7 Å². The van der Waals surface area contributed by atoms with E-state index in [1.807, 2.05) is 20.8 Å². The lowest BCUT2D eigenvalue weighted by molar-refractivity contribution is 0.0517. The maximum absolute atomic E-state index is 12.0. The minimum atomic E-state index is -0.430. The van der Waals surface area contributed by atoms with Crippen LogP contribution in [0.15, 0.2) is 0 Å². The van der Waals surface area contributed by atoms with Crippen LogP contribution in [0.1, 0.15) is 79.1 Å². The number of amides is 1. The van der Waals surface area contributed by atoms with Crippen LogP contribution in [0.2, 0.25) is 0 Å². The average Bonchev–Trinajstić information content (AvgIpc) is 3.12. The monoisotopic (exact) mass is 324 g/mol. The van der Waals surface area contributed by atoms with Gasteiger partial charge in [-0.2, -0.15) is 0 Å². The molecule has 2 rings (SSSR count). The fraction of sp³-hybridized carbons (Fsp3) is 0.947. The van der Waals surface area contributed by atoms with Gasteiger partial charge in [0.2, 0.25) is 0 Å². The van der Waals surface area contributed by atoms with Gasteiger partial charge in [0.05, 0.1) is 0 Å². The second kappa shape index (κ2) is 8.36. The highest BCUT2D eigenvalue weighted by molar-refractivity contribution is 5.67. The van der Waals surface area contributed by atoms with Crippen LogP contribution < -0.4 is 10.6 Å². The van der Waals surface area contributed by atoms with E-state index in [1.54, 1.807) is 0 Å². The first-order valence-electron chi connectivity index (χ1n) is 9.60. The third-order valence-electron chi connectivity index (χ3n) is 5.40. The predicted molar refractivity (Wildman–Crippen MR) is 94.5 cm³/mol. The van der Waals surface area contributed by atoms with Crippen molar-refractivity contribution in [1.82, 2.24) is 10.6 Å². The molecular weight excluding hydrogens is 288 g/mol. The van der Waals surface area contributed by atoms with Crippen molar-refractivity contribution in [2.75, 3.05) is 6.54 Å². The number of carbonyl (C=O) groups is 1. The topological polar surface area (TPSA) is 50.4 Å². The summed E-state index contributed by atoms with van der Waals surface area (Å²) in [4.78, 5) is 12.0. The van der Waals surface area contributed by atoms with Gasteiger partial charge in [-0.1, -0.05) is 26.2 Å². The van der Waals surface area contributed by atoms with Gasteiger partial charge in [-0.05, 0) is 64.7 Å². The first kappa shape index (κ1) is 18.6. The number of hydrogen-bond donors (Lipinski definition) is 2. The Bertz CT molecular complexity index is 372. The molecule has 2 saturated carbocycles. The fourth-order valence-electron chi connectivity index (χ4n) is 4.13. The molecule has 0 aromatic heterocycles. The number of ether oxygens (including phenoxy) is 1. The molecule has 2 aliphatic rings. The zero-order chi connectivity index (χ0) is 16.9. The maximum Gasteiger partial charge on any atom is 0.407 e. The molecule has 2 N–H and O–H groups in total. The SMILES string of the molecule is CCC1CCC(NC(CNC(=O)OC(C)(C)C)C2CCCC2)C1. The quantitative estimate of drug-likeness (QED) is 0.768. The highest BCUT2D eigenvalue weighted by Crippen LogP contribution is 2.31. The molecule has 2 fully saturated rings. The zero-order valence-corrected chi connectivity index (χ0v) is 15.5. The van der Waals surface area contributed by atoms with Crippen molar-refractivity contribution in [3.8, 4) is 0 Å². The molecule has 0 aliphatic heterocycles. The molecular formula is C19H36N2O2. The second-order valence-electron chi connectivity index (χ2n) is 8.48. The summed E-state index contributed by atoms with van der Waals surface area (Å²) < 4.78 is 5.38. The van der Waals surface area contributed by atoms with Crippen LogP contribution in [0.5, 0.6) is 0 Å². The van der Waals surface area contributed by atoms with Crippen LogP contribution in [0.25, 0.3) is 0 Å². The molecule has 0 heterocycles. The molecule has 0 aromatic carbocycles. The van der Waals surface area contributed by atoms with Crippen molar-refractivity contribution in [3.63, 3.8) is 0 Å². The Morgan fingerprint density at radius 2 is 1.87 bits per heavy atom. The van der Waals surface area contributed by atoms with E-state index >= 15 is 0 Å². The molecule has 134 valence electrons. The molecule has 0 saturated heterocycles. The number of nitrogens with one attached hydrogen (secondary N) is 2. The summed E-state index contributed by atoms with van der Waals surface area (Å²) in [5.74, 6) is 1.58. The first-order chi connectivity index (χ1) is 10.9. The van der Waals surface area contributed by atoms with Gasteiger partial charge < -0.3 is 15.4 Å². The number of rotatable bonds is 6. The van der Waals surface area contributed by atoms with Crippen molar-refractivity contribution in [3.05, 3.63) is 0 Å². The Labute approximate surface area is 142 Å². The molecule has 3 atom stereocenters. The minimum absolute atomic E-state index is 0.292. The van der Waals surface area contributed by atoms with Gasteiger partial charge in [0, 0.05) is 18.6 Å². The van der Waals surface area contributed by atoms with Crippen molar-refractivity contribution in [2.24, 2.45) is 11.8 Å².